The highest BCUT2D eigenvalue weighted by Gasteiger charge is 2.23. The van der Waals surface area contributed by atoms with Crippen LogP contribution in [0.1, 0.15) is 44.3 Å². The van der Waals surface area contributed by atoms with Gasteiger partial charge < -0.3 is 5.73 Å². The summed E-state index contributed by atoms with van der Waals surface area (Å²) in [5.74, 6) is 3.14. The number of rotatable bonds is 2. The first kappa shape index (κ1) is 10.9. The predicted octanol–water partition coefficient (Wildman–Crippen LogP) is 2.66. The second-order valence-electron chi connectivity index (χ2n) is 4.41. The van der Waals surface area contributed by atoms with Crippen LogP contribution in [-0.2, 0) is 0 Å². The van der Waals surface area contributed by atoms with Gasteiger partial charge in [0.25, 0.3) is 0 Å². The number of nitrogens with two attached hydrogens (primary N) is 1. The minimum Gasteiger partial charge on any atom is -0.396 e. The van der Waals surface area contributed by atoms with Gasteiger partial charge in [-0.1, -0.05) is 0 Å². The molecule has 0 bridgehead atoms. The van der Waals surface area contributed by atoms with Crippen LogP contribution in [0.2, 0.25) is 0 Å². The van der Waals surface area contributed by atoms with Crippen LogP contribution in [0, 0.1) is 0 Å². The summed E-state index contributed by atoms with van der Waals surface area (Å²) in [5.41, 5.74) is 8.16. The molecule has 0 aliphatic carbocycles. The zero-order valence-corrected chi connectivity index (χ0v) is 10.3. The molecular formula is C11H19N3S. The van der Waals surface area contributed by atoms with Crippen molar-refractivity contribution >= 4 is 17.4 Å². The van der Waals surface area contributed by atoms with Crippen molar-refractivity contribution in [1.82, 2.24) is 9.78 Å². The number of nitrogen functional groups attached to an aromatic ring is 1. The molecule has 1 saturated heterocycles. The molecule has 1 aliphatic heterocycles. The third-order valence-electron chi connectivity index (χ3n) is 2.96. The molecule has 0 atom stereocenters. The molecule has 3 nitrogen and oxygen atoms in total. The Hall–Kier alpha value is -0.640. The highest BCUT2D eigenvalue weighted by atomic mass is 32.2. The van der Waals surface area contributed by atoms with Gasteiger partial charge in [0.05, 0.1) is 17.6 Å². The lowest BCUT2D eigenvalue weighted by molar-refractivity contribution is 0.473. The minimum absolute atomic E-state index is 0.409. The summed E-state index contributed by atoms with van der Waals surface area (Å²) in [6.45, 7) is 4.32. The molecule has 4 heteroatoms. The Labute approximate surface area is 95.4 Å². The van der Waals surface area contributed by atoms with Crippen LogP contribution in [-0.4, -0.2) is 21.3 Å². The molecule has 84 valence electrons. The molecule has 2 N–H and O–H groups in total. The van der Waals surface area contributed by atoms with Crippen molar-refractivity contribution in [1.29, 1.82) is 0 Å². The topological polar surface area (TPSA) is 43.8 Å². The Kier molecular flexibility index (Phi) is 3.24. The average Bonchev–Trinajstić information content (AvgIpc) is 2.61. The number of hydrogen-bond acceptors (Lipinski definition) is 3. The standard InChI is InChI=1S/C11H19N3S/c1-8(2)14-11(10(12)7-13-14)9-3-5-15-6-4-9/h7-9H,3-6,12H2,1-2H3. The highest BCUT2D eigenvalue weighted by Crippen LogP contribution is 2.35. The number of nitrogens with zero attached hydrogens (tertiary/aromatic N) is 2. The number of thioether (sulfide) groups is 1. The van der Waals surface area contributed by atoms with Crippen LogP contribution in [0.25, 0.3) is 0 Å². The van der Waals surface area contributed by atoms with Crippen molar-refractivity contribution < 1.29 is 0 Å². The minimum atomic E-state index is 0.409. The van der Waals surface area contributed by atoms with Gasteiger partial charge in [-0.2, -0.15) is 16.9 Å². The van der Waals surface area contributed by atoms with Crippen LogP contribution >= 0.6 is 11.8 Å². The summed E-state index contributed by atoms with van der Waals surface area (Å²) < 4.78 is 2.09. The molecule has 0 aromatic carbocycles. The molecular weight excluding hydrogens is 206 g/mol. The van der Waals surface area contributed by atoms with Gasteiger partial charge in [-0.25, -0.2) is 0 Å². The molecule has 2 rings (SSSR count). The maximum absolute atomic E-state index is 6.02. The number of anilines is 1. The lowest BCUT2D eigenvalue weighted by Crippen LogP contribution is -2.16. The van der Waals surface area contributed by atoms with Gasteiger partial charge in [0.2, 0.25) is 0 Å². The van der Waals surface area contributed by atoms with Crippen LogP contribution in [0.5, 0.6) is 0 Å². The molecule has 2 heterocycles. The van der Waals surface area contributed by atoms with Gasteiger partial charge in [0, 0.05) is 12.0 Å². The first-order valence-corrected chi connectivity index (χ1v) is 6.76. The number of aromatic nitrogens is 2. The smallest absolute Gasteiger partial charge is 0.0736 e. The maximum atomic E-state index is 6.02. The lowest BCUT2D eigenvalue weighted by atomic mass is 9.97. The van der Waals surface area contributed by atoms with E-state index in [0.29, 0.717) is 12.0 Å². The van der Waals surface area contributed by atoms with Crippen LogP contribution < -0.4 is 5.73 Å². The number of hydrogen-bond donors (Lipinski definition) is 1. The Bertz CT molecular complexity index is 327. The molecule has 0 unspecified atom stereocenters. The van der Waals surface area contributed by atoms with Gasteiger partial charge in [-0.3, -0.25) is 4.68 Å². The fourth-order valence-electron chi connectivity index (χ4n) is 2.19. The van der Waals surface area contributed by atoms with E-state index in [9.17, 15) is 0 Å². The van der Waals surface area contributed by atoms with Crippen molar-refractivity contribution in [3.8, 4) is 0 Å². The maximum Gasteiger partial charge on any atom is 0.0736 e. The zero-order valence-electron chi connectivity index (χ0n) is 9.44. The third-order valence-corrected chi connectivity index (χ3v) is 4.01. The Morgan fingerprint density at radius 3 is 2.73 bits per heavy atom. The molecule has 0 spiro atoms. The van der Waals surface area contributed by atoms with Crippen molar-refractivity contribution in [2.75, 3.05) is 17.2 Å². The van der Waals surface area contributed by atoms with Crippen molar-refractivity contribution in [3.05, 3.63) is 11.9 Å². The van der Waals surface area contributed by atoms with E-state index in [-0.39, 0.29) is 0 Å². The SMILES string of the molecule is CC(C)n1ncc(N)c1C1CCSCC1. The van der Waals surface area contributed by atoms with Gasteiger partial charge in [0.1, 0.15) is 0 Å². The van der Waals surface area contributed by atoms with Gasteiger partial charge in [0.15, 0.2) is 0 Å². The van der Waals surface area contributed by atoms with Gasteiger partial charge in [-0.15, -0.1) is 0 Å². The van der Waals surface area contributed by atoms with E-state index in [1.807, 2.05) is 11.8 Å². The summed E-state index contributed by atoms with van der Waals surface area (Å²) in [4.78, 5) is 0. The fraction of sp³-hybridized carbons (Fsp3) is 0.727. The van der Waals surface area contributed by atoms with E-state index in [1.54, 1.807) is 6.20 Å². The third kappa shape index (κ3) is 2.14. The summed E-state index contributed by atoms with van der Waals surface area (Å²) in [6, 6.07) is 0.409. The summed E-state index contributed by atoms with van der Waals surface area (Å²) in [5, 5.41) is 4.38. The molecule has 1 aromatic heterocycles. The monoisotopic (exact) mass is 225 g/mol. The molecule has 1 aliphatic rings. The average molecular weight is 225 g/mol. The molecule has 0 saturated carbocycles. The first-order chi connectivity index (χ1) is 7.20. The van der Waals surface area contributed by atoms with Crippen LogP contribution in [0.3, 0.4) is 0 Å². The van der Waals surface area contributed by atoms with Crippen molar-refractivity contribution in [3.63, 3.8) is 0 Å². The molecule has 0 radical (unpaired) electrons. The van der Waals surface area contributed by atoms with Crippen LogP contribution in [0.15, 0.2) is 6.20 Å². The summed E-state index contributed by atoms with van der Waals surface area (Å²) >= 11 is 2.05. The Morgan fingerprint density at radius 1 is 1.47 bits per heavy atom. The molecule has 0 amide bonds. The normalized spacial score (nSPS) is 18.6. The van der Waals surface area contributed by atoms with Crippen LogP contribution in [0.4, 0.5) is 5.69 Å². The van der Waals surface area contributed by atoms with Gasteiger partial charge >= 0.3 is 0 Å². The van der Waals surface area contributed by atoms with E-state index < -0.39 is 0 Å². The van der Waals surface area contributed by atoms with Crippen molar-refractivity contribution in [2.45, 2.75) is 38.6 Å². The molecule has 15 heavy (non-hydrogen) atoms. The second-order valence-corrected chi connectivity index (χ2v) is 5.63. The predicted molar refractivity (Wildman–Crippen MR) is 66.3 cm³/mol. The molecule has 1 fully saturated rings. The molecule has 1 aromatic rings. The van der Waals surface area contributed by atoms with E-state index in [0.717, 1.165) is 5.69 Å². The summed E-state index contributed by atoms with van der Waals surface area (Å²) in [7, 11) is 0. The van der Waals surface area contributed by atoms with E-state index in [2.05, 4.69) is 23.6 Å². The largest absolute Gasteiger partial charge is 0.396 e. The van der Waals surface area contributed by atoms with E-state index in [1.165, 1.54) is 30.0 Å². The van der Waals surface area contributed by atoms with E-state index in [4.69, 9.17) is 5.73 Å². The fourth-order valence-corrected chi connectivity index (χ4v) is 3.30. The Balaban J connectivity index is 2.28. The highest BCUT2D eigenvalue weighted by molar-refractivity contribution is 7.99. The first-order valence-electron chi connectivity index (χ1n) is 5.60. The van der Waals surface area contributed by atoms with Crippen molar-refractivity contribution in [2.24, 2.45) is 0 Å². The van der Waals surface area contributed by atoms with E-state index >= 15 is 0 Å². The van der Waals surface area contributed by atoms with Gasteiger partial charge in [-0.05, 0) is 38.2 Å². The Morgan fingerprint density at radius 2 is 2.13 bits per heavy atom. The summed E-state index contributed by atoms with van der Waals surface area (Å²) in [6.07, 6.45) is 4.29. The quantitative estimate of drug-likeness (QED) is 0.841. The lowest BCUT2D eigenvalue weighted by Gasteiger charge is -2.24. The zero-order chi connectivity index (χ0) is 10.8. The second kappa shape index (κ2) is 4.47.